The minimum Gasteiger partial charge on any atom is -0.854 e. The molecule has 0 bridgehead atoms. The molecular weight excluding hydrogens is 444 g/mol. The molecule has 170 valence electrons. The summed E-state index contributed by atoms with van der Waals surface area (Å²) in [6, 6.07) is 12.1. The quantitative estimate of drug-likeness (QED) is 0.244. The van der Waals surface area contributed by atoms with Crippen molar-refractivity contribution in [1.82, 2.24) is 10.1 Å². The molecule has 10 heteroatoms. The highest BCUT2D eigenvalue weighted by atomic mass is 32.2. The molecule has 9 nitrogen and oxygen atoms in total. The van der Waals surface area contributed by atoms with Crippen LogP contribution in [0.15, 0.2) is 47.6 Å². The Morgan fingerprint density at radius 2 is 1.94 bits per heavy atom. The van der Waals surface area contributed by atoms with Gasteiger partial charge in [0.2, 0.25) is 5.91 Å². The van der Waals surface area contributed by atoms with Crippen LogP contribution in [-0.2, 0) is 9.59 Å². The summed E-state index contributed by atoms with van der Waals surface area (Å²) in [6.45, 7) is 4.70. The number of carbonyl (C=O) groups is 2. The molecule has 0 fully saturated rings. The van der Waals surface area contributed by atoms with E-state index < -0.39 is 18.0 Å². The zero-order valence-corrected chi connectivity index (χ0v) is 19.4. The van der Waals surface area contributed by atoms with Gasteiger partial charge in [0.25, 0.3) is 17.0 Å². The highest BCUT2D eigenvalue weighted by Crippen LogP contribution is 2.42. The monoisotopic (exact) mass is 466 g/mol. The first-order chi connectivity index (χ1) is 15.8. The van der Waals surface area contributed by atoms with E-state index in [0.29, 0.717) is 33.5 Å². The van der Waals surface area contributed by atoms with E-state index in [4.69, 9.17) is 9.47 Å². The van der Waals surface area contributed by atoms with Gasteiger partial charge in [0.05, 0.1) is 24.2 Å². The van der Waals surface area contributed by atoms with Gasteiger partial charge in [-0.05, 0) is 36.1 Å². The van der Waals surface area contributed by atoms with Gasteiger partial charge in [-0.3, -0.25) is 9.59 Å². The normalized spacial score (nSPS) is 14.3. The standard InChI is InChI=1S/C23H22N4O5S/c1-5-33-23-24-21(30)20-16-8-6-7-9-17(16)26(13(2)28)22(27(20)25-23)15-10-11-18(32-14(3)29)19(12-15)31-4/h6-12,22H,5H2,1-4H3. The number of aromatic nitrogens is 3. The number of hydrogen-bond acceptors (Lipinski definition) is 8. The Bertz CT molecular complexity index is 1250. The van der Waals surface area contributed by atoms with Gasteiger partial charge in [-0.2, -0.15) is 0 Å². The highest BCUT2D eigenvalue weighted by molar-refractivity contribution is 7.99. The van der Waals surface area contributed by atoms with Crippen LogP contribution in [-0.4, -0.2) is 34.8 Å². The number of esters is 1. The number of nitrogens with zero attached hydrogens (tertiary/aromatic N) is 4. The third-order valence-electron chi connectivity index (χ3n) is 5.07. The van der Waals surface area contributed by atoms with E-state index in [2.05, 4.69) is 10.1 Å². The Morgan fingerprint density at radius 1 is 1.18 bits per heavy atom. The first-order valence-electron chi connectivity index (χ1n) is 10.2. The van der Waals surface area contributed by atoms with E-state index in [0.717, 1.165) is 0 Å². The maximum absolute atomic E-state index is 13.1. The van der Waals surface area contributed by atoms with Crippen LogP contribution in [0.3, 0.4) is 0 Å². The smallest absolute Gasteiger partial charge is 0.308 e. The van der Waals surface area contributed by atoms with Gasteiger partial charge in [-0.15, -0.1) is 0 Å². The van der Waals surface area contributed by atoms with E-state index in [9.17, 15) is 14.7 Å². The lowest BCUT2D eigenvalue weighted by Crippen LogP contribution is -2.58. The second kappa shape index (κ2) is 9.07. The Labute approximate surface area is 195 Å². The number of methoxy groups -OCH3 is 1. The van der Waals surface area contributed by atoms with Gasteiger partial charge < -0.3 is 14.6 Å². The number of carbonyl (C=O) groups excluding carboxylic acids is 2. The fraction of sp³-hybridized carbons (Fsp3) is 0.261. The van der Waals surface area contributed by atoms with Gasteiger partial charge >= 0.3 is 5.97 Å². The fourth-order valence-corrected chi connectivity index (χ4v) is 4.40. The Balaban J connectivity index is 1.99. The van der Waals surface area contributed by atoms with Crippen molar-refractivity contribution in [3.05, 3.63) is 48.0 Å². The van der Waals surface area contributed by atoms with Crippen LogP contribution in [0.4, 0.5) is 5.69 Å². The molecule has 2 aromatic carbocycles. The number of benzene rings is 2. The lowest BCUT2D eigenvalue weighted by Gasteiger charge is -2.33. The zero-order valence-electron chi connectivity index (χ0n) is 18.6. The first kappa shape index (κ1) is 22.5. The fourth-order valence-electron chi connectivity index (χ4n) is 3.85. The summed E-state index contributed by atoms with van der Waals surface area (Å²) in [5.74, 6) is 0.101. The van der Waals surface area contributed by atoms with Crippen molar-refractivity contribution < 1.29 is 28.9 Å². The van der Waals surface area contributed by atoms with Crippen LogP contribution < -0.4 is 24.2 Å². The van der Waals surface area contributed by atoms with Crippen LogP contribution in [0.5, 0.6) is 17.4 Å². The van der Waals surface area contributed by atoms with Crippen LogP contribution in [0.2, 0.25) is 0 Å². The molecule has 1 amide bonds. The van der Waals surface area contributed by atoms with Crippen molar-refractivity contribution >= 4 is 29.3 Å². The lowest BCUT2D eigenvalue weighted by atomic mass is 10.0. The van der Waals surface area contributed by atoms with Gasteiger partial charge in [0, 0.05) is 24.5 Å². The van der Waals surface area contributed by atoms with Crippen molar-refractivity contribution in [2.75, 3.05) is 17.8 Å². The van der Waals surface area contributed by atoms with Crippen molar-refractivity contribution in [1.29, 1.82) is 0 Å². The molecule has 33 heavy (non-hydrogen) atoms. The molecule has 1 aliphatic heterocycles. The Morgan fingerprint density at radius 3 is 2.61 bits per heavy atom. The molecule has 0 aliphatic carbocycles. The number of ether oxygens (including phenoxy) is 2. The largest absolute Gasteiger partial charge is 0.854 e. The molecule has 2 heterocycles. The van der Waals surface area contributed by atoms with Crippen LogP contribution in [0, 0.1) is 0 Å². The summed E-state index contributed by atoms with van der Waals surface area (Å²) in [5, 5.41) is 18.1. The summed E-state index contributed by atoms with van der Waals surface area (Å²) < 4.78 is 12.2. The van der Waals surface area contributed by atoms with Gasteiger partial charge in [0.1, 0.15) is 0 Å². The molecule has 0 N–H and O–H groups in total. The maximum Gasteiger partial charge on any atom is 0.308 e. The van der Waals surface area contributed by atoms with Crippen molar-refractivity contribution in [3.63, 3.8) is 0 Å². The number of rotatable bonds is 5. The number of para-hydroxylation sites is 1. The molecule has 4 rings (SSSR count). The Hall–Kier alpha value is -3.66. The van der Waals surface area contributed by atoms with Gasteiger partial charge in [0.15, 0.2) is 11.5 Å². The minimum atomic E-state index is -0.778. The number of hydrogen-bond donors (Lipinski definition) is 0. The number of thioether (sulfide) groups is 1. The second-order valence-corrected chi connectivity index (χ2v) is 8.44. The topological polar surface area (TPSA) is 109 Å². The second-order valence-electron chi connectivity index (χ2n) is 7.21. The predicted molar refractivity (Wildman–Crippen MR) is 119 cm³/mol. The summed E-state index contributed by atoms with van der Waals surface area (Å²) in [5.41, 5.74) is 2.06. The summed E-state index contributed by atoms with van der Waals surface area (Å²) in [7, 11) is 1.46. The molecule has 0 radical (unpaired) electrons. The third kappa shape index (κ3) is 4.09. The van der Waals surface area contributed by atoms with Crippen molar-refractivity contribution in [2.45, 2.75) is 32.1 Å². The molecule has 1 atom stereocenters. The van der Waals surface area contributed by atoms with E-state index >= 15 is 0 Å². The average molecular weight is 467 g/mol. The SMILES string of the molecule is CCSc1nc([O-])c2[n+](n1)C(c1ccc(OC(C)=O)c(OC)c1)N(C(C)=O)c1ccccc1-2. The van der Waals surface area contributed by atoms with Crippen LogP contribution in [0.1, 0.15) is 32.5 Å². The Kier molecular flexibility index (Phi) is 6.19. The average Bonchev–Trinajstić information content (AvgIpc) is 2.78. The number of anilines is 1. The van der Waals surface area contributed by atoms with Gasteiger partial charge in [-0.25, -0.2) is 9.88 Å². The van der Waals surface area contributed by atoms with Crippen molar-refractivity contribution in [2.24, 2.45) is 0 Å². The van der Waals surface area contributed by atoms with E-state index in [1.807, 2.05) is 6.92 Å². The number of fused-ring (bicyclic) bond motifs is 3. The van der Waals surface area contributed by atoms with E-state index in [1.54, 1.807) is 47.4 Å². The van der Waals surface area contributed by atoms with Gasteiger partial charge in [-0.1, -0.05) is 35.5 Å². The predicted octanol–water partition coefficient (Wildman–Crippen LogP) is 2.46. The minimum absolute atomic E-state index is 0.232. The molecule has 0 saturated heterocycles. The van der Waals surface area contributed by atoms with Crippen LogP contribution in [0.25, 0.3) is 11.3 Å². The molecule has 1 aromatic heterocycles. The molecular formula is C23H22N4O5S. The lowest BCUT2D eigenvalue weighted by molar-refractivity contribution is -0.764. The number of amides is 1. The van der Waals surface area contributed by atoms with Crippen molar-refractivity contribution in [3.8, 4) is 28.6 Å². The molecule has 0 saturated carbocycles. The summed E-state index contributed by atoms with van der Waals surface area (Å²) in [4.78, 5) is 30.1. The molecule has 1 unspecified atom stereocenters. The first-order valence-corrected chi connectivity index (χ1v) is 11.2. The summed E-state index contributed by atoms with van der Waals surface area (Å²) in [6.07, 6.45) is -0.778. The summed E-state index contributed by atoms with van der Waals surface area (Å²) >= 11 is 1.34. The highest BCUT2D eigenvalue weighted by Gasteiger charge is 2.44. The molecule has 0 spiro atoms. The van der Waals surface area contributed by atoms with E-state index in [-0.39, 0.29) is 17.4 Å². The zero-order chi connectivity index (χ0) is 23.7. The molecule has 3 aromatic rings. The maximum atomic E-state index is 13.1. The molecule has 1 aliphatic rings. The third-order valence-corrected chi connectivity index (χ3v) is 5.79. The van der Waals surface area contributed by atoms with E-state index in [1.165, 1.54) is 37.4 Å². The van der Waals surface area contributed by atoms with Crippen LogP contribution >= 0.6 is 11.8 Å².